The molecule has 2 aliphatic rings. The molecule has 0 spiro atoms. The Morgan fingerprint density at radius 1 is 1.23 bits per heavy atom. The Balaban J connectivity index is 0.000000422. The average Bonchev–Trinajstić information content (AvgIpc) is 2.98. The Labute approximate surface area is 125 Å². The van der Waals surface area contributed by atoms with Crippen molar-refractivity contribution in [3.8, 4) is 0 Å². The second-order valence-electron chi connectivity index (χ2n) is 4.63. The predicted molar refractivity (Wildman–Crippen MR) is 73.6 cm³/mol. The second kappa shape index (κ2) is 8.00. The molecule has 0 radical (unpaired) electrons. The minimum Gasteiger partial charge on any atom is -0.494 e. The number of methoxy groups -OCH3 is 2. The zero-order chi connectivity index (χ0) is 16.8. The van der Waals surface area contributed by atoms with E-state index in [0.717, 1.165) is 24.5 Å². The fourth-order valence-corrected chi connectivity index (χ4v) is 2.26. The van der Waals surface area contributed by atoms with E-state index in [4.69, 9.17) is 15.0 Å². The molecule has 0 amide bonds. The van der Waals surface area contributed by atoms with Gasteiger partial charge in [-0.25, -0.2) is 0 Å². The molecule has 10 heteroatoms. The number of hydrogen-bond donors (Lipinski definition) is 0. The van der Waals surface area contributed by atoms with Crippen LogP contribution in [-0.4, -0.2) is 56.1 Å². The fraction of sp³-hybridized carbons (Fsp3) is 0.583. The van der Waals surface area contributed by atoms with Gasteiger partial charge in [-0.15, -0.1) is 0 Å². The van der Waals surface area contributed by atoms with Crippen LogP contribution in [0.3, 0.4) is 0 Å². The fourth-order valence-electron chi connectivity index (χ4n) is 2.26. The van der Waals surface area contributed by atoms with Crippen LogP contribution in [-0.2, 0) is 9.47 Å². The van der Waals surface area contributed by atoms with Crippen LogP contribution < -0.4 is 0 Å². The van der Waals surface area contributed by atoms with Gasteiger partial charge in [0.1, 0.15) is 5.76 Å². The van der Waals surface area contributed by atoms with Gasteiger partial charge in [0.2, 0.25) is 0 Å². The molecule has 1 heterocycles. The van der Waals surface area contributed by atoms with E-state index in [1.807, 2.05) is 6.08 Å². The molecule has 0 bridgehead atoms. The highest BCUT2D eigenvalue weighted by atomic mass is 19.5. The Bertz CT molecular complexity index is 489. The number of hydrogen-bond acceptors (Lipinski definition) is 3. The highest BCUT2D eigenvalue weighted by molar-refractivity contribution is 6.50. The summed E-state index contributed by atoms with van der Waals surface area (Å²) >= 11 is 0. The van der Waals surface area contributed by atoms with Gasteiger partial charge >= 0.3 is 13.0 Å². The summed E-state index contributed by atoms with van der Waals surface area (Å²) in [5.41, 5.74) is 10.4. The summed E-state index contributed by atoms with van der Waals surface area (Å²) in [5, 5.41) is 0. The molecule has 0 saturated carbocycles. The number of halogens is 4. The molecule has 1 atom stereocenters. The first-order valence-electron chi connectivity index (χ1n) is 6.65. The first-order chi connectivity index (χ1) is 10.3. The van der Waals surface area contributed by atoms with Gasteiger partial charge in [0, 0.05) is 20.2 Å². The van der Waals surface area contributed by atoms with Gasteiger partial charge in [-0.3, -0.25) is 0 Å². The van der Waals surface area contributed by atoms with Crippen molar-refractivity contribution in [3.05, 3.63) is 29.1 Å². The van der Waals surface area contributed by atoms with E-state index in [9.17, 15) is 17.3 Å². The zero-order valence-corrected chi connectivity index (χ0v) is 12.3. The highest BCUT2D eigenvalue weighted by Gasteiger charge is 2.30. The van der Waals surface area contributed by atoms with E-state index in [1.165, 1.54) is 12.8 Å². The number of rotatable bonds is 3. The van der Waals surface area contributed by atoms with Crippen molar-refractivity contribution in [1.29, 1.82) is 0 Å². The van der Waals surface area contributed by atoms with Crippen LogP contribution in [0.1, 0.15) is 12.8 Å². The molecular formula is C12H17BF4N3O2-. The van der Waals surface area contributed by atoms with E-state index < -0.39 is 7.25 Å². The quantitative estimate of drug-likeness (QED) is 0.347. The zero-order valence-electron chi connectivity index (χ0n) is 12.3. The minimum atomic E-state index is -6.00. The van der Waals surface area contributed by atoms with Gasteiger partial charge < -0.3 is 37.2 Å². The van der Waals surface area contributed by atoms with Crippen LogP contribution in [0.4, 0.5) is 17.3 Å². The smallest absolute Gasteiger partial charge is 0.494 e. The topological polar surface area (TPSA) is 58.1 Å². The van der Waals surface area contributed by atoms with Crippen molar-refractivity contribution in [2.24, 2.45) is 0 Å². The van der Waals surface area contributed by atoms with Gasteiger partial charge in [0.15, 0.2) is 6.10 Å². The van der Waals surface area contributed by atoms with Crippen molar-refractivity contribution >= 4 is 13.0 Å². The van der Waals surface area contributed by atoms with Crippen LogP contribution >= 0.6 is 0 Å². The van der Waals surface area contributed by atoms with Crippen LogP contribution in [0.2, 0.25) is 0 Å². The van der Waals surface area contributed by atoms with E-state index in [2.05, 4.69) is 9.69 Å². The summed E-state index contributed by atoms with van der Waals surface area (Å²) in [7, 11) is -2.78. The second-order valence-corrected chi connectivity index (χ2v) is 4.63. The molecule has 1 saturated heterocycles. The maximum Gasteiger partial charge on any atom is 0.673 e. The predicted octanol–water partition coefficient (Wildman–Crippen LogP) is 2.50. The van der Waals surface area contributed by atoms with Crippen LogP contribution in [0.15, 0.2) is 23.6 Å². The highest BCUT2D eigenvalue weighted by Crippen LogP contribution is 2.26. The maximum absolute atomic E-state index is 9.75. The van der Waals surface area contributed by atoms with E-state index >= 15 is 0 Å². The standard InChI is InChI=1S/C12H17N3O2.BF4/c1-16-11-8-10(15-5-3-4-6-15)12(17-2)7-9(11)14-13;2-1(3,4)5/h7-8,11H,3-6H2,1-2H3;/q;-1. The van der Waals surface area contributed by atoms with Gasteiger partial charge in [-0.05, 0) is 18.9 Å². The van der Waals surface area contributed by atoms with Gasteiger partial charge in [-0.2, -0.15) is 4.79 Å². The van der Waals surface area contributed by atoms with Gasteiger partial charge in [0.05, 0.1) is 18.9 Å². The van der Waals surface area contributed by atoms with Crippen molar-refractivity contribution in [2.45, 2.75) is 18.9 Å². The van der Waals surface area contributed by atoms with Crippen molar-refractivity contribution in [3.63, 3.8) is 0 Å². The first-order valence-corrected chi connectivity index (χ1v) is 6.65. The molecule has 1 aliphatic carbocycles. The summed E-state index contributed by atoms with van der Waals surface area (Å²) in [6.07, 6.45) is 5.76. The third kappa shape index (κ3) is 5.53. The number of ether oxygens (including phenoxy) is 2. The van der Waals surface area contributed by atoms with E-state index in [1.54, 1.807) is 20.3 Å². The van der Waals surface area contributed by atoms with Crippen molar-refractivity contribution in [1.82, 2.24) is 4.90 Å². The normalized spacial score (nSPS) is 21.5. The summed E-state index contributed by atoms with van der Waals surface area (Å²) in [6.45, 7) is 2.07. The molecule has 1 fully saturated rings. The Hall–Kier alpha value is -1.80. The average molecular weight is 322 g/mol. The molecule has 124 valence electrons. The number of likely N-dealkylation sites (tertiary alicyclic amines) is 1. The summed E-state index contributed by atoms with van der Waals surface area (Å²) in [5.74, 6) is 0.730. The van der Waals surface area contributed by atoms with Crippen LogP contribution in [0.5, 0.6) is 0 Å². The Morgan fingerprint density at radius 2 is 1.77 bits per heavy atom. The minimum absolute atomic E-state index is 0.311. The molecule has 5 nitrogen and oxygen atoms in total. The lowest BCUT2D eigenvalue weighted by molar-refractivity contribution is -0.0192. The third-order valence-electron chi connectivity index (χ3n) is 3.17. The molecule has 0 N–H and O–H groups in total. The summed E-state index contributed by atoms with van der Waals surface area (Å²) < 4.78 is 49.6. The number of nitrogens with zero attached hydrogens (tertiary/aromatic N) is 3. The molecule has 0 aromatic rings. The van der Waals surface area contributed by atoms with Crippen molar-refractivity contribution < 1.29 is 31.5 Å². The van der Waals surface area contributed by atoms with Gasteiger partial charge in [-0.1, -0.05) is 0 Å². The molecule has 1 aliphatic heterocycles. The lowest BCUT2D eigenvalue weighted by atomic mass is 10.0. The monoisotopic (exact) mass is 322 g/mol. The molecule has 22 heavy (non-hydrogen) atoms. The molecular weight excluding hydrogens is 305 g/mol. The molecule has 0 aromatic heterocycles. The Morgan fingerprint density at radius 3 is 2.18 bits per heavy atom. The van der Waals surface area contributed by atoms with Crippen LogP contribution in [0.25, 0.3) is 5.53 Å². The first kappa shape index (κ1) is 18.3. The van der Waals surface area contributed by atoms with Crippen LogP contribution in [0, 0.1) is 0 Å². The largest absolute Gasteiger partial charge is 0.673 e. The lowest BCUT2D eigenvalue weighted by Crippen LogP contribution is -2.30. The van der Waals surface area contributed by atoms with E-state index in [0.29, 0.717) is 5.71 Å². The van der Waals surface area contributed by atoms with E-state index in [-0.39, 0.29) is 6.10 Å². The molecule has 1 unspecified atom stereocenters. The molecule has 0 aromatic carbocycles. The lowest BCUT2D eigenvalue weighted by Gasteiger charge is -2.26. The molecule has 2 rings (SSSR count). The summed E-state index contributed by atoms with van der Waals surface area (Å²) in [6, 6.07) is 0. The Kier molecular flexibility index (Phi) is 6.64. The maximum atomic E-state index is 9.75. The summed E-state index contributed by atoms with van der Waals surface area (Å²) in [4.78, 5) is 5.50. The SMILES string of the molecule is COC1=CC(=[N+]=[N-])C(OC)C=C1N1CCCC1.F[B-](F)(F)F. The van der Waals surface area contributed by atoms with Gasteiger partial charge in [0.25, 0.3) is 0 Å². The third-order valence-corrected chi connectivity index (χ3v) is 3.17. The van der Waals surface area contributed by atoms with Crippen molar-refractivity contribution in [2.75, 3.05) is 27.3 Å².